The molecule has 0 aliphatic rings. The van der Waals surface area contributed by atoms with Crippen molar-refractivity contribution in [2.75, 3.05) is 5.73 Å². The smallest absolute Gasteiger partial charge is 0.383 e. The van der Waals surface area contributed by atoms with E-state index in [1.54, 1.807) is 0 Å². The molecule has 0 aliphatic carbocycles. The lowest BCUT2D eigenvalue weighted by Gasteiger charge is -2.13. The number of aromatic nitrogens is 1. The Hall–Kier alpha value is -1.89. The highest BCUT2D eigenvalue weighted by Crippen LogP contribution is 2.35. The third-order valence-electron chi connectivity index (χ3n) is 2.61. The summed E-state index contributed by atoms with van der Waals surface area (Å²) >= 11 is 2.96. The van der Waals surface area contributed by atoms with E-state index in [2.05, 4.69) is 20.9 Å². The average molecular weight is 345 g/mol. The summed E-state index contributed by atoms with van der Waals surface area (Å²) in [7, 11) is 0. The molecule has 0 saturated heterocycles. The van der Waals surface area contributed by atoms with E-state index < -0.39 is 23.1 Å². The van der Waals surface area contributed by atoms with Crippen molar-refractivity contribution in [2.45, 2.75) is 6.18 Å². The Kier molecular flexibility index (Phi) is 3.80. The minimum Gasteiger partial charge on any atom is -0.383 e. The van der Waals surface area contributed by atoms with Crippen molar-refractivity contribution < 1.29 is 18.0 Å². The molecule has 0 bridgehead atoms. The molecule has 0 amide bonds. The predicted molar refractivity (Wildman–Crippen MR) is 71.2 cm³/mol. The van der Waals surface area contributed by atoms with Crippen molar-refractivity contribution in [3.05, 3.63) is 57.7 Å². The number of nitrogens with zero attached hydrogens (tertiary/aromatic N) is 1. The Bertz CT molecular complexity index is 671. The molecule has 2 rings (SSSR count). The summed E-state index contributed by atoms with van der Waals surface area (Å²) in [6.07, 6.45) is -3.27. The van der Waals surface area contributed by atoms with Crippen molar-refractivity contribution in [1.82, 2.24) is 4.98 Å². The number of ketones is 1. The van der Waals surface area contributed by atoms with Gasteiger partial charge in [-0.1, -0.05) is 15.9 Å². The van der Waals surface area contributed by atoms with Gasteiger partial charge in [0, 0.05) is 16.2 Å². The van der Waals surface area contributed by atoms with Gasteiger partial charge in [-0.25, -0.2) is 4.98 Å². The van der Waals surface area contributed by atoms with Crippen LogP contribution in [0.5, 0.6) is 0 Å². The minimum atomic E-state index is -4.63. The van der Waals surface area contributed by atoms with Crippen LogP contribution in [-0.4, -0.2) is 10.8 Å². The fourth-order valence-electron chi connectivity index (χ4n) is 1.70. The van der Waals surface area contributed by atoms with E-state index in [0.717, 1.165) is 12.1 Å². The van der Waals surface area contributed by atoms with Crippen LogP contribution in [0.2, 0.25) is 0 Å². The van der Waals surface area contributed by atoms with Crippen LogP contribution in [0.25, 0.3) is 0 Å². The molecule has 104 valence electrons. The Balaban J connectivity index is 2.59. The van der Waals surface area contributed by atoms with Crippen molar-refractivity contribution in [1.29, 1.82) is 0 Å². The lowest BCUT2D eigenvalue weighted by atomic mass is 9.98. The van der Waals surface area contributed by atoms with Gasteiger partial charge in [0.15, 0.2) is 5.78 Å². The maximum Gasteiger partial charge on any atom is 0.417 e. The fourth-order valence-corrected chi connectivity index (χ4v) is 2.06. The van der Waals surface area contributed by atoms with Crippen LogP contribution in [0.15, 0.2) is 41.0 Å². The quantitative estimate of drug-likeness (QED) is 0.845. The summed E-state index contributed by atoms with van der Waals surface area (Å²) in [6.45, 7) is 0. The number of hydrogen-bond donors (Lipinski definition) is 1. The topological polar surface area (TPSA) is 56.0 Å². The molecule has 2 N–H and O–H groups in total. The predicted octanol–water partition coefficient (Wildman–Crippen LogP) is 3.68. The molecule has 0 spiro atoms. The van der Waals surface area contributed by atoms with E-state index >= 15 is 0 Å². The molecule has 1 aromatic heterocycles. The van der Waals surface area contributed by atoms with Crippen LogP contribution in [0.3, 0.4) is 0 Å². The molecule has 20 heavy (non-hydrogen) atoms. The van der Waals surface area contributed by atoms with E-state index in [4.69, 9.17) is 5.73 Å². The van der Waals surface area contributed by atoms with Gasteiger partial charge in [0.25, 0.3) is 0 Å². The van der Waals surface area contributed by atoms with E-state index in [1.165, 1.54) is 24.4 Å². The highest BCUT2D eigenvalue weighted by Gasteiger charge is 2.35. The first-order chi connectivity index (χ1) is 9.30. The maximum absolute atomic E-state index is 13.0. The highest BCUT2D eigenvalue weighted by molar-refractivity contribution is 9.10. The average Bonchev–Trinajstić information content (AvgIpc) is 2.37. The summed E-state index contributed by atoms with van der Waals surface area (Å²) in [5.74, 6) is -0.913. The molecule has 3 nitrogen and oxygen atoms in total. The molecular formula is C13H8BrF3N2O. The fraction of sp³-hybridized carbons (Fsp3) is 0.0769. The molecule has 0 unspecified atom stereocenters. The minimum absolute atomic E-state index is 0.0553. The number of nitrogens with two attached hydrogens (primary N) is 1. The zero-order valence-corrected chi connectivity index (χ0v) is 11.5. The normalized spacial score (nSPS) is 11.4. The van der Waals surface area contributed by atoms with Crippen LogP contribution < -0.4 is 5.73 Å². The molecule has 0 radical (unpaired) electrons. The lowest BCUT2D eigenvalue weighted by molar-refractivity contribution is -0.137. The standard InChI is InChI=1S/C13H8BrF3N2O/c14-7-3-4-8(10(6-7)13(15,16)17)11(20)9-2-1-5-19-12(9)18/h1-6H,(H2,18,19). The van der Waals surface area contributed by atoms with Crippen LogP contribution in [-0.2, 0) is 6.18 Å². The van der Waals surface area contributed by atoms with Crippen LogP contribution in [0, 0.1) is 0 Å². The third-order valence-corrected chi connectivity index (χ3v) is 3.11. The van der Waals surface area contributed by atoms with Gasteiger partial charge in [-0.05, 0) is 30.3 Å². The Labute approximate surface area is 120 Å². The molecule has 0 saturated carbocycles. The van der Waals surface area contributed by atoms with Gasteiger partial charge in [0.2, 0.25) is 0 Å². The van der Waals surface area contributed by atoms with Crippen molar-refractivity contribution in [3.8, 4) is 0 Å². The largest absolute Gasteiger partial charge is 0.417 e. The van der Waals surface area contributed by atoms with Gasteiger partial charge in [-0.2, -0.15) is 13.2 Å². The van der Waals surface area contributed by atoms with Gasteiger partial charge in [-0.15, -0.1) is 0 Å². The monoisotopic (exact) mass is 344 g/mol. The number of rotatable bonds is 2. The maximum atomic E-state index is 13.0. The summed E-state index contributed by atoms with van der Waals surface area (Å²) < 4.78 is 39.2. The Morgan fingerprint density at radius 1 is 1.20 bits per heavy atom. The first-order valence-electron chi connectivity index (χ1n) is 5.42. The zero-order chi connectivity index (χ0) is 14.9. The Morgan fingerprint density at radius 2 is 1.90 bits per heavy atom. The first kappa shape index (κ1) is 14.5. The number of halogens is 4. The highest BCUT2D eigenvalue weighted by atomic mass is 79.9. The molecule has 1 aromatic carbocycles. The van der Waals surface area contributed by atoms with E-state index in [0.29, 0.717) is 0 Å². The number of benzene rings is 1. The molecule has 0 fully saturated rings. The molecule has 0 atom stereocenters. The van der Waals surface area contributed by atoms with Crippen molar-refractivity contribution in [3.63, 3.8) is 0 Å². The van der Waals surface area contributed by atoms with E-state index in [1.807, 2.05) is 0 Å². The third kappa shape index (κ3) is 2.82. The molecule has 2 aromatic rings. The van der Waals surface area contributed by atoms with Gasteiger partial charge in [-0.3, -0.25) is 4.79 Å². The zero-order valence-electron chi connectivity index (χ0n) is 9.91. The summed E-state index contributed by atoms with van der Waals surface area (Å²) in [5.41, 5.74) is 4.00. The lowest BCUT2D eigenvalue weighted by Crippen LogP contribution is -2.15. The van der Waals surface area contributed by atoms with Crippen LogP contribution in [0.4, 0.5) is 19.0 Å². The van der Waals surface area contributed by atoms with Gasteiger partial charge < -0.3 is 5.73 Å². The second kappa shape index (κ2) is 5.24. The van der Waals surface area contributed by atoms with Gasteiger partial charge in [0.1, 0.15) is 5.82 Å². The Morgan fingerprint density at radius 3 is 2.50 bits per heavy atom. The SMILES string of the molecule is Nc1ncccc1C(=O)c1ccc(Br)cc1C(F)(F)F. The second-order valence-corrected chi connectivity index (χ2v) is 4.87. The molecule has 1 heterocycles. The summed E-state index contributed by atoms with van der Waals surface area (Å²) in [5, 5.41) is 0. The van der Waals surface area contributed by atoms with Crippen LogP contribution in [0.1, 0.15) is 21.5 Å². The number of anilines is 1. The number of alkyl halides is 3. The first-order valence-corrected chi connectivity index (χ1v) is 6.22. The summed E-state index contributed by atoms with van der Waals surface area (Å²) in [6, 6.07) is 6.12. The number of nitrogen functional groups attached to an aromatic ring is 1. The second-order valence-electron chi connectivity index (χ2n) is 3.95. The molecule has 7 heteroatoms. The number of hydrogen-bond acceptors (Lipinski definition) is 3. The molecule has 0 aliphatic heterocycles. The number of carbonyl (C=O) groups is 1. The van der Waals surface area contributed by atoms with Crippen LogP contribution >= 0.6 is 15.9 Å². The van der Waals surface area contributed by atoms with Crippen molar-refractivity contribution in [2.24, 2.45) is 0 Å². The number of carbonyl (C=O) groups excluding carboxylic acids is 1. The number of pyridine rings is 1. The van der Waals surface area contributed by atoms with E-state index in [-0.39, 0.29) is 15.9 Å². The van der Waals surface area contributed by atoms with Gasteiger partial charge in [0.05, 0.1) is 11.1 Å². The van der Waals surface area contributed by atoms with E-state index in [9.17, 15) is 18.0 Å². The van der Waals surface area contributed by atoms with Crippen molar-refractivity contribution >= 4 is 27.5 Å². The summed E-state index contributed by atoms with van der Waals surface area (Å²) in [4.78, 5) is 15.9. The van der Waals surface area contributed by atoms with Gasteiger partial charge >= 0.3 is 6.18 Å². The molecular weight excluding hydrogens is 337 g/mol.